The molecule has 1 amide bonds. The van der Waals surface area contributed by atoms with Gasteiger partial charge in [-0.2, -0.15) is 0 Å². The van der Waals surface area contributed by atoms with Crippen LogP contribution in [-0.2, 0) is 4.79 Å². The number of carbonyl (C=O) groups is 1. The number of para-hydroxylation sites is 2. The van der Waals surface area contributed by atoms with Gasteiger partial charge >= 0.3 is 0 Å². The number of hydrogen-bond acceptors (Lipinski definition) is 4. The summed E-state index contributed by atoms with van der Waals surface area (Å²) < 4.78 is 5.58. The summed E-state index contributed by atoms with van der Waals surface area (Å²) in [5.41, 5.74) is 0.895. The normalized spacial score (nSPS) is 19.5. The van der Waals surface area contributed by atoms with Gasteiger partial charge < -0.3 is 20.5 Å². The number of fused-ring (bicyclic) bond motifs is 1. The van der Waals surface area contributed by atoms with E-state index in [0.717, 1.165) is 5.69 Å². The number of hydrogen-bond donors (Lipinski definition) is 3. The van der Waals surface area contributed by atoms with Crippen LogP contribution in [0.4, 0.5) is 5.69 Å². The molecule has 1 unspecified atom stereocenters. The van der Waals surface area contributed by atoms with Crippen LogP contribution in [0, 0.1) is 0 Å². The molecule has 92 valence electrons. The Morgan fingerprint density at radius 1 is 1.65 bits per heavy atom. The summed E-state index contributed by atoms with van der Waals surface area (Å²) in [6, 6.07) is 7.22. The minimum Gasteiger partial charge on any atom is -0.477 e. The van der Waals surface area contributed by atoms with Gasteiger partial charge in [0.25, 0.3) is 5.91 Å². The van der Waals surface area contributed by atoms with Gasteiger partial charge in [-0.25, -0.2) is 0 Å². The molecule has 1 aromatic rings. The Morgan fingerprint density at radius 2 is 2.41 bits per heavy atom. The number of amides is 1. The Labute approximate surface area is 99.8 Å². The van der Waals surface area contributed by atoms with Crippen LogP contribution in [0.15, 0.2) is 24.3 Å². The summed E-state index contributed by atoms with van der Waals surface area (Å²) in [7, 11) is 0. The molecule has 1 heterocycles. The minimum atomic E-state index is -0.557. The number of ether oxygens (including phenoxy) is 1. The molecule has 5 heteroatoms. The Balaban J connectivity index is 2.00. The van der Waals surface area contributed by atoms with Crippen molar-refractivity contribution in [2.75, 3.05) is 18.5 Å². The average Bonchev–Trinajstić information content (AvgIpc) is 2.38. The third-order valence-corrected chi connectivity index (χ3v) is 2.59. The maximum Gasteiger partial charge on any atom is 0.263 e. The van der Waals surface area contributed by atoms with Crippen LogP contribution < -0.4 is 15.4 Å². The van der Waals surface area contributed by atoms with Gasteiger partial charge in [-0.3, -0.25) is 4.79 Å². The lowest BCUT2D eigenvalue weighted by atomic mass is 10.2. The van der Waals surface area contributed by atoms with Crippen molar-refractivity contribution >= 4 is 11.6 Å². The summed E-state index contributed by atoms with van der Waals surface area (Å²) in [5, 5.41) is 14.7. The molecule has 3 N–H and O–H groups in total. The first kappa shape index (κ1) is 11.7. The Morgan fingerprint density at radius 3 is 3.18 bits per heavy atom. The molecule has 0 spiro atoms. The van der Waals surface area contributed by atoms with Gasteiger partial charge in [-0.15, -0.1) is 0 Å². The molecule has 0 bridgehead atoms. The lowest BCUT2D eigenvalue weighted by molar-refractivity contribution is -0.128. The lowest BCUT2D eigenvalue weighted by Gasteiger charge is -2.27. The van der Waals surface area contributed by atoms with Crippen molar-refractivity contribution in [3.05, 3.63) is 24.3 Å². The van der Waals surface area contributed by atoms with Crippen LogP contribution in [0.3, 0.4) is 0 Å². The summed E-state index contributed by atoms with van der Waals surface area (Å²) in [5.74, 6) is 0.462. The Bertz CT molecular complexity index is 408. The van der Waals surface area contributed by atoms with Gasteiger partial charge in [0.15, 0.2) is 6.10 Å². The fourth-order valence-electron chi connectivity index (χ4n) is 1.64. The molecule has 0 fully saturated rings. The SMILES string of the molecule is C[C@@H](CO)NC(=O)C1CNc2ccccc2O1. The van der Waals surface area contributed by atoms with E-state index in [1.165, 1.54) is 0 Å². The summed E-state index contributed by atoms with van der Waals surface area (Å²) in [6.07, 6.45) is -0.557. The quantitative estimate of drug-likeness (QED) is 0.708. The number of carbonyl (C=O) groups excluding carboxylic acids is 1. The van der Waals surface area contributed by atoms with E-state index >= 15 is 0 Å². The predicted molar refractivity (Wildman–Crippen MR) is 64.0 cm³/mol. The average molecular weight is 236 g/mol. The van der Waals surface area contributed by atoms with Crippen molar-refractivity contribution in [1.82, 2.24) is 5.32 Å². The van der Waals surface area contributed by atoms with E-state index in [9.17, 15) is 4.79 Å². The molecule has 0 saturated carbocycles. The second-order valence-corrected chi connectivity index (χ2v) is 4.08. The van der Waals surface area contributed by atoms with Crippen LogP contribution in [0.25, 0.3) is 0 Å². The van der Waals surface area contributed by atoms with Gasteiger partial charge in [-0.1, -0.05) is 12.1 Å². The van der Waals surface area contributed by atoms with Crippen molar-refractivity contribution in [2.45, 2.75) is 19.1 Å². The number of anilines is 1. The monoisotopic (exact) mass is 236 g/mol. The largest absolute Gasteiger partial charge is 0.477 e. The molecule has 5 nitrogen and oxygen atoms in total. The maximum atomic E-state index is 11.8. The number of aliphatic hydroxyl groups excluding tert-OH is 1. The van der Waals surface area contributed by atoms with E-state index in [1.807, 2.05) is 24.3 Å². The highest BCUT2D eigenvalue weighted by Crippen LogP contribution is 2.28. The molecule has 1 aliphatic heterocycles. The van der Waals surface area contributed by atoms with Crippen LogP contribution >= 0.6 is 0 Å². The summed E-state index contributed by atoms with van der Waals surface area (Å²) in [6.45, 7) is 2.09. The first-order chi connectivity index (χ1) is 8.20. The first-order valence-corrected chi connectivity index (χ1v) is 5.61. The predicted octanol–water partition coefficient (Wildman–Crippen LogP) is 0.356. The van der Waals surface area contributed by atoms with Crippen LogP contribution in [0.5, 0.6) is 5.75 Å². The van der Waals surface area contributed by atoms with E-state index in [0.29, 0.717) is 12.3 Å². The van der Waals surface area contributed by atoms with Crippen molar-refractivity contribution in [1.29, 1.82) is 0 Å². The molecule has 0 saturated heterocycles. The molecule has 0 radical (unpaired) electrons. The zero-order chi connectivity index (χ0) is 12.3. The molecule has 2 atom stereocenters. The Kier molecular flexibility index (Phi) is 3.49. The third kappa shape index (κ3) is 2.68. The molecule has 0 aliphatic carbocycles. The zero-order valence-corrected chi connectivity index (χ0v) is 9.64. The fraction of sp³-hybridized carbons (Fsp3) is 0.417. The van der Waals surface area contributed by atoms with Crippen molar-refractivity contribution < 1.29 is 14.6 Å². The number of benzene rings is 1. The lowest BCUT2D eigenvalue weighted by Crippen LogP contribution is -2.48. The third-order valence-electron chi connectivity index (χ3n) is 2.59. The number of nitrogens with one attached hydrogen (secondary N) is 2. The summed E-state index contributed by atoms with van der Waals surface area (Å²) >= 11 is 0. The van der Waals surface area contributed by atoms with Crippen molar-refractivity contribution in [2.24, 2.45) is 0 Å². The van der Waals surface area contributed by atoms with E-state index in [4.69, 9.17) is 9.84 Å². The van der Waals surface area contributed by atoms with Crippen LogP contribution in [0.1, 0.15) is 6.92 Å². The van der Waals surface area contributed by atoms with Crippen LogP contribution in [-0.4, -0.2) is 36.3 Å². The smallest absolute Gasteiger partial charge is 0.263 e. The number of rotatable bonds is 3. The molecule has 17 heavy (non-hydrogen) atoms. The van der Waals surface area contributed by atoms with Gasteiger partial charge in [0.05, 0.1) is 18.8 Å². The van der Waals surface area contributed by atoms with Gasteiger partial charge in [-0.05, 0) is 19.1 Å². The molecule has 2 rings (SSSR count). The second-order valence-electron chi connectivity index (χ2n) is 4.08. The van der Waals surface area contributed by atoms with Gasteiger partial charge in [0.2, 0.25) is 0 Å². The molecule has 1 aliphatic rings. The summed E-state index contributed by atoms with van der Waals surface area (Å²) in [4.78, 5) is 11.8. The molecule has 0 aromatic heterocycles. The van der Waals surface area contributed by atoms with Gasteiger partial charge in [0.1, 0.15) is 5.75 Å². The van der Waals surface area contributed by atoms with Crippen LogP contribution in [0.2, 0.25) is 0 Å². The van der Waals surface area contributed by atoms with E-state index < -0.39 is 6.10 Å². The Hall–Kier alpha value is -1.75. The molecular weight excluding hydrogens is 220 g/mol. The molecular formula is C12H16N2O3. The minimum absolute atomic E-state index is 0.0809. The highest BCUT2D eigenvalue weighted by molar-refractivity contribution is 5.83. The molecule has 1 aromatic carbocycles. The van der Waals surface area contributed by atoms with Crippen molar-refractivity contribution in [3.63, 3.8) is 0 Å². The standard InChI is InChI=1S/C12H16N2O3/c1-8(7-15)14-12(16)11-6-13-9-4-2-3-5-10(9)17-11/h2-5,8,11,13,15H,6-7H2,1H3,(H,14,16)/t8-,11?/m0/s1. The number of aliphatic hydroxyl groups is 1. The zero-order valence-electron chi connectivity index (χ0n) is 9.64. The van der Waals surface area contributed by atoms with Crippen molar-refractivity contribution in [3.8, 4) is 5.75 Å². The fourth-order valence-corrected chi connectivity index (χ4v) is 1.64. The van der Waals surface area contributed by atoms with Gasteiger partial charge in [0, 0.05) is 6.04 Å². The van der Waals surface area contributed by atoms with E-state index in [2.05, 4.69) is 10.6 Å². The first-order valence-electron chi connectivity index (χ1n) is 5.61. The van der Waals surface area contributed by atoms with E-state index in [-0.39, 0.29) is 18.6 Å². The highest BCUT2D eigenvalue weighted by atomic mass is 16.5. The second kappa shape index (κ2) is 5.05. The topological polar surface area (TPSA) is 70.6 Å². The maximum absolute atomic E-state index is 11.8. The highest BCUT2D eigenvalue weighted by Gasteiger charge is 2.26. The van der Waals surface area contributed by atoms with E-state index in [1.54, 1.807) is 6.92 Å².